The van der Waals surface area contributed by atoms with Crippen LogP contribution in [0.2, 0.25) is 0 Å². The number of hydrogen-bond acceptors (Lipinski definition) is 2. The van der Waals surface area contributed by atoms with E-state index < -0.39 is 0 Å². The zero-order valence-electron chi connectivity index (χ0n) is 12.3. The van der Waals surface area contributed by atoms with Gasteiger partial charge in [0.2, 0.25) is 0 Å². The van der Waals surface area contributed by atoms with Crippen molar-refractivity contribution in [2.75, 3.05) is 6.54 Å². The second-order valence-corrected chi connectivity index (χ2v) is 6.57. The van der Waals surface area contributed by atoms with E-state index in [1.54, 1.807) is 0 Å². The maximum Gasteiger partial charge on any atom is 0.0527 e. The molecule has 0 amide bonds. The SMILES string of the molecule is CCC1CCCC(N2CCCCC2CC(C)O)C1. The topological polar surface area (TPSA) is 23.5 Å². The van der Waals surface area contributed by atoms with E-state index in [0.717, 1.165) is 18.4 Å². The molecule has 2 rings (SSSR count). The smallest absolute Gasteiger partial charge is 0.0527 e. The third kappa shape index (κ3) is 3.71. The predicted molar refractivity (Wildman–Crippen MR) is 76.7 cm³/mol. The Bertz CT molecular complexity index is 241. The molecule has 0 radical (unpaired) electrons. The molecule has 2 nitrogen and oxygen atoms in total. The lowest BCUT2D eigenvalue weighted by molar-refractivity contribution is 0.0312. The largest absolute Gasteiger partial charge is 0.393 e. The van der Waals surface area contributed by atoms with Gasteiger partial charge in [-0.1, -0.05) is 32.6 Å². The molecule has 1 saturated heterocycles. The maximum atomic E-state index is 9.69. The average Bonchev–Trinajstić information content (AvgIpc) is 2.39. The molecule has 1 N–H and O–H groups in total. The summed E-state index contributed by atoms with van der Waals surface area (Å²) in [7, 11) is 0. The summed E-state index contributed by atoms with van der Waals surface area (Å²) < 4.78 is 0. The number of hydrogen-bond donors (Lipinski definition) is 1. The fraction of sp³-hybridized carbons (Fsp3) is 1.00. The zero-order valence-corrected chi connectivity index (χ0v) is 12.3. The molecule has 1 aliphatic carbocycles. The van der Waals surface area contributed by atoms with Gasteiger partial charge in [0.25, 0.3) is 0 Å². The quantitative estimate of drug-likeness (QED) is 0.828. The Kier molecular flexibility index (Phi) is 5.50. The first-order valence-electron chi connectivity index (χ1n) is 8.14. The molecule has 2 fully saturated rings. The van der Waals surface area contributed by atoms with E-state index in [-0.39, 0.29) is 6.10 Å². The summed E-state index contributed by atoms with van der Waals surface area (Å²) >= 11 is 0. The molecular weight excluding hydrogens is 222 g/mol. The Labute approximate surface area is 113 Å². The Hall–Kier alpha value is -0.0800. The van der Waals surface area contributed by atoms with E-state index in [4.69, 9.17) is 0 Å². The highest BCUT2D eigenvalue weighted by molar-refractivity contribution is 4.87. The molecule has 106 valence electrons. The van der Waals surface area contributed by atoms with Crippen molar-refractivity contribution in [2.24, 2.45) is 5.92 Å². The summed E-state index contributed by atoms with van der Waals surface area (Å²) in [6.45, 7) is 5.57. The van der Waals surface area contributed by atoms with Gasteiger partial charge in [0.1, 0.15) is 0 Å². The van der Waals surface area contributed by atoms with Gasteiger partial charge in [-0.25, -0.2) is 0 Å². The summed E-state index contributed by atoms with van der Waals surface area (Å²) in [5, 5.41) is 9.69. The molecule has 0 spiro atoms. The van der Waals surface area contributed by atoms with Gasteiger partial charge in [-0.3, -0.25) is 4.90 Å². The molecule has 4 unspecified atom stereocenters. The second kappa shape index (κ2) is 6.91. The van der Waals surface area contributed by atoms with Gasteiger partial charge in [-0.2, -0.15) is 0 Å². The number of piperidine rings is 1. The molecule has 0 aromatic carbocycles. The molecule has 4 atom stereocenters. The Morgan fingerprint density at radius 1 is 1.17 bits per heavy atom. The highest BCUT2D eigenvalue weighted by Gasteiger charge is 2.32. The van der Waals surface area contributed by atoms with Crippen LogP contribution >= 0.6 is 0 Å². The fourth-order valence-electron chi connectivity index (χ4n) is 4.09. The van der Waals surface area contributed by atoms with Crippen molar-refractivity contribution in [3.05, 3.63) is 0 Å². The van der Waals surface area contributed by atoms with Crippen molar-refractivity contribution in [3.63, 3.8) is 0 Å². The molecule has 0 aromatic heterocycles. The van der Waals surface area contributed by atoms with E-state index in [2.05, 4.69) is 11.8 Å². The van der Waals surface area contributed by atoms with Gasteiger partial charge < -0.3 is 5.11 Å². The third-order valence-electron chi connectivity index (χ3n) is 5.09. The molecule has 0 bridgehead atoms. The van der Waals surface area contributed by atoms with Crippen LogP contribution in [0.25, 0.3) is 0 Å². The van der Waals surface area contributed by atoms with E-state index >= 15 is 0 Å². The van der Waals surface area contributed by atoms with Gasteiger partial charge in [0.15, 0.2) is 0 Å². The average molecular weight is 253 g/mol. The molecule has 18 heavy (non-hydrogen) atoms. The molecule has 2 aliphatic rings. The fourth-order valence-corrected chi connectivity index (χ4v) is 4.09. The normalized spacial score (nSPS) is 36.5. The van der Waals surface area contributed by atoms with E-state index in [1.807, 2.05) is 6.92 Å². The number of aliphatic hydroxyl groups is 1. The predicted octanol–water partition coefficient (Wildman–Crippen LogP) is 3.58. The molecule has 1 heterocycles. The Balaban J connectivity index is 1.94. The number of aliphatic hydroxyl groups excluding tert-OH is 1. The van der Waals surface area contributed by atoms with Gasteiger partial charge in [0, 0.05) is 12.1 Å². The van der Waals surface area contributed by atoms with Crippen LogP contribution in [-0.4, -0.2) is 34.7 Å². The summed E-state index contributed by atoms with van der Waals surface area (Å²) in [5.41, 5.74) is 0. The van der Waals surface area contributed by atoms with Gasteiger partial charge >= 0.3 is 0 Å². The first kappa shape index (κ1) is 14.3. The summed E-state index contributed by atoms with van der Waals surface area (Å²) in [5.74, 6) is 0.956. The lowest BCUT2D eigenvalue weighted by atomic mass is 9.81. The van der Waals surface area contributed by atoms with Crippen molar-refractivity contribution in [2.45, 2.75) is 89.8 Å². The first-order chi connectivity index (χ1) is 8.70. The van der Waals surface area contributed by atoms with Crippen LogP contribution in [-0.2, 0) is 0 Å². The van der Waals surface area contributed by atoms with Crippen LogP contribution < -0.4 is 0 Å². The molecule has 1 saturated carbocycles. The minimum atomic E-state index is -0.138. The Morgan fingerprint density at radius 3 is 2.72 bits per heavy atom. The van der Waals surface area contributed by atoms with Crippen LogP contribution in [0, 0.1) is 5.92 Å². The van der Waals surface area contributed by atoms with E-state index in [0.29, 0.717) is 6.04 Å². The van der Waals surface area contributed by atoms with Crippen LogP contribution in [0.1, 0.15) is 71.6 Å². The molecule has 1 aliphatic heterocycles. The third-order valence-corrected chi connectivity index (χ3v) is 5.09. The Morgan fingerprint density at radius 2 is 2.00 bits per heavy atom. The summed E-state index contributed by atoms with van der Waals surface area (Å²) in [4.78, 5) is 2.76. The van der Waals surface area contributed by atoms with Crippen molar-refractivity contribution in [1.82, 2.24) is 4.90 Å². The van der Waals surface area contributed by atoms with Crippen molar-refractivity contribution in [3.8, 4) is 0 Å². The summed E-state index contributed by atoms with van der Waals surface area (Å²) in [6, 6.07) is 1.46. The summed E-state index contributed by atoms with van der Waals surface area (Å²) in [6.07, 6.45) is 11.9. The van der Waals surface area contributed by atoms with E-state index in [1.165, 1.54) is 57.9 Å². The molecule has 0 aromatic rings. The minimum Gasteiger partial charge on any atom is -0.393 e. The minimum absolute atomic E-state index is 0.138. The van der Waals surface area contributed by atoms with Crippen molar-refractivity contribution >= 4 is 0 Å². The monoisotopic (exact) mass is 253 g/mol. The van der Waals surface area contributed by atoms with Gasteiger partial charge in [-0.15, -0.1) is 0 Å². The molecule has 2 heteroatoms. The van der Waals surface area contributed by atoms with Gasteiger partial charge in [0.05, 0.1) is 6.10 Å². The van der Waals surface area contributed by atoms with Crippen molar-refractivity contribution in [1.29, 1.82) is 0 Å². The first-order valence-corrected chi connectivity index (χ1v) is 8.14. The van der Waals surface area contributed by atoms with Crippen LogP contribution in [0.3, 0.4) is 0 Å². The highest BCUT2D eigenvalue weighted by Crippen LogP contribution is 2.34. The number of nitrogens with zero attached hydrogens (tertiary/aromatic N) is 1. The standard InChI is InChI=1S/C16H31NO/c1-3-14-7-6-9-16(12-14)17-10-5-4-8-15(17)11-13(2)18/h13-16,18H,3-12H2,1-2H3. The van der Waals surface area contributed by atoms with Crippen LogP contribution in [0.15, 0.2) is 0 Å². The van der Waals surface area contributed by atoms with Crippen LogP contribution in [0.5, 0.6) is 0 Å². The lowest BCUT2D eigenvalue weighted by Gasteiger charge is -2.45. The van der Waals surface area contributed by atoms with Crippen LogP contribution in [0.4, 0.5) is 0 Å². The zero-order chi connectivity index (χ0) is 13.0. The van der Waals surface area contributed by atoms with E-state index in [9.17, 15) is 5.11 Å². The highest BCUT2D eigenvalue weighted by atomic mass is 16.3. The second-order valence-electron chi connectivity index (χ2n) is 6.57. The van der Waals surface area contributed by atoms with Crippen molar-refractivity contribution < 1.29 is 5.11 Å². The van der Waals surface area contributed by atoms with Gasteiger partial charge in [-0.05, 0) is 51.5 Å². The number of likely N-dealkylation sites (tertiary alicyclic amines) is 1. The molecular formula is C16H31NO. The maximum absolute atomic E-state index is 9.69. The number of rotatable bonds is 4. The lowest BCUT2D eigenvalue weighted by Crippen LogP contribution is -2.49.